The van der Waals surface area contributed by atoms with E-state index in [4.69, 9.17) is 4.74 Å². The zero-order valence-electron chi connectivity index (χ0n) is 13.9. The summed E-state index contributed by atoms with van der Waals surface area (Å²) in [5, 5.41) is 3.80. The molecule has 0 aliphatic heterocycles. The Labute approximate surface area is 129 Å². The molecular formula is C19H29NO. The van der Waals surface area contributed by atoms with Gasteiger partial charge in [0.15, 0.2) is 0 Å². The SMILES string of the molecule is CCCOc1ccc(NC2CC3CCC2(C)C3(C)C)cc1. The number of rotatable bonds is 5. The van der Waals surface area contributed by atoms with E-state index in [2.05, 4.69) is 57.3 Å². The summed E-state index contributed by atoms with van der Waals surface area (Å²) >= 11 is 0. The third kappa shape index (κ3) is 2.33. The molecule has 3 unspecified atom stereocenters. The van der Waals surface area contributed by atoms with Crippen LogP contribution in [0.15, 0.2) is 24.3 Å². The van der Waals surface area contributed by atoms with Gasteiger partial charge in [0.1, 0.15) is 5.75 Å². The fourth-order valence-electron chi connectivity index (χ4n) is 4.49. The van der Waals surface area contributed by atoms with Crippen LogP contribution in [0, 0.1) is 16.7 Å². The van der Waals surface area contributed by atoms with Crippen molar-refractivity contribution < 1.29 is 4.74 Å². The number of ether oxygens (including phenoxy) is 1. The average molecular weight is 287 g/mol. The van der Waals surface area contributed by atoms with Crippen LogP contribution in [0.1, 0.15) is 53.4 Å². The molecule has 1 N–H and O–H groups in total. The molecule has 1 aromatic rings. The second-order valence-electron chi connectivity index (χ2n) is 7.68. The number of fused-ring (bicyclic) bond motifs is 2. The van der Waals surface area contributed by atoms with E-state index in [1.807, 2.05) is 0 Å². The second-order valence-corrected chi connectivity index (χ2v) is 7.68. The molecular weight excluding hydrogens is 258 g/mol. The van der Waals surface area contributed by atoms with Crippen LogP contribution in [0.2, 0.25) is 0 Å². The van der Waals surface area contributed by atoms with Crippen molar-refractivity contribution in [1.29, 1.82) is 0 Å². The molecule has 2 nitrogen and oxygen atoms in total. The van der Waals surface area contributed by atoms with Gasteiger partial charge in [-0.1, -0.05) is 27.7 Å². The third-order valence-corrected chi connectivity index (χ3v) is 6.46. The third-order valence-electron chi connectivity index (χ3n) is 6.46. The Morgan fingerprint density at radius 1 is 1.19 bits per heavy atom. The summed E-state index contributed by atoms with van der Waals surface area (Å²) in [4.78, 5) is 0. The van der Waals surface area contributed by atoms with Crippen molar-refractivity contribution in [3.05, 3.63) is 24.3 Å². The highest BCUT2D eigenvalue weighted by atomic mass is 16.5. The predicted molar refractivity (Wildman–Crippen MR) is 88.9 cm³/mol. The van der Waals surface area contributed by atoms with Gasteiger partial charge in [0, 0.05) is 11.7 Å². The van der Waals surface area contributed by atoms with E-state index in [-0.39, 0.29) is 0 Å². The number of benzene rings is 1. The fraction of sp³-hybridized carbons (Fsp3) is 0.684. The highest BCUT2D eigenvalue weighted by molar-refractivity contribution is 5.48. The first-order valence-electron chi connectivity index (χ1n) is 8.47. The number of nitrogens with one attached hydrogen (secondary N) is 1. The standard InChI is InChI=1S/C19H29NO/c1-5-12-21-16-8-6-15(7-9-16)20-17-13-14-10-11-19(17,4)18(14,2)3/h6-9,14,17,20H,5,10-13H2,1-4H3. The minimum Gasteiger partial charge on any atom is -0.494 e. The Bertz CT molecular complexity index is 493. The van der Waals surface area contributed by atoms with E-state index in [0.29, 0.717) is 16.9 Å². The molecule has 1 aromatic carbocycles. The fourth-order valence-corrected chi connectivity index (χ4v) is 4.49. The summed E-state index contributed by atoms with van der Waals surface area (Å²) < 4.78 is 5.65. The van der Waals surface area contributed by atoms with E-state index >= 15 is 0 Å². The smallest absolute Gasteiger partial charge is 0.119 e. The van der Waals surface area contributed by atoms with Crippen LogP contribution in [-0.4, -0.2) is 12.6 Å². The molecule has 0 amide bonds. The van der Waals surface area contributed by atoms with Gasteiger partial charge in [-0.3, -0.25) is 0 Å². The largest absolute Gasteiger partial charge is 0.494 e. The molecule has 21 heavy (non-hydrogen) atoms. The molecule has 0 saturated heterocycles. The maximum absolute atomic E-state index is 5.65. The Kier molecular flexibility index (Phi) is 3.67. The zero-order valence-corrected chi connectivity index (χ0v) is 13.9. The molecule has 2 heteroatoms. The topological polar surface area (TPSA) is 21.3 Å². The molecule has 116 valence electrons. The normalized spacial score (nSPS) is 33.1. The molecule has 0 aromatic heterocycles. The van der Waals surface area contributed by atoms with E-state index in [9.17, 15) is 0 Å². The van der Waals surface area contributed by atoms with Crippen LogP contribution >= 0.6 is 0 Å². The van der Waals surface area contributed by atoms with E-state index in [0.717, 1.165) is 24.7 Å². The van der Waals surface area contributed by atoms with Crippen LogP contribution in [0.5, 0.6) is 5.75 Å². The zero-order chi connectivity index (χ0) is 15.1. The summed E-state index contributed by atoms with van der Waals surface area (Å²) in [6.45, 7) is 10.3. The van der Waals surface area contributed by atoms with Gasteiger partial charge in [-0.25, -0.2) is 0 Å². The summed E-state index contributed by atoms with van der Waals surface area (Å²) in [5.41, 5.74) is 2.12. The van der Waals surface area contributed by atoms with Gasteiger partial charge < -0.3 is 10.1 Å². The van der Waals surface area contributed by atoms with Crippen molar-refractivity contribution in [2.75, 3.05) is 11.9 Å². The lowest BCUT2D eigenvalue weighted by molar-refractivity contribution is 0.142. The maximum atomic E-state index is 5.65. The van der Waals surface area contributed by atoms with Crippen LogP contribution in [0.4, 0.5) is 5.69 Å². The van der Waals surface area contributed by atoms with Crippen LogP contribution in [-0.2, 0) is 0 Å². The summed E-state index contributed by atoms with van der Waals surface area (Å²) in [7, 11) is 0. The first-order chi connectivity index (χ1) is 9.97. The molecule has 3 rings (SSSR count). The summed E-state index contributed by atoms with van der Waals surface area (Å²) in [6, 6.07) is 9.09. The Morgan fingerprint density at radius 3 is 2.43 bits per heavy atom. The van der Waals surface area contributed by atoms with E-state index < -0.39 is 0 Å². The lowest BCUT2D eigenvalue weighted by Gasteiger charge is -2.40. The molecule has 3 atom stereocenters. The molecule has 2 aliphatic carbocycles. The highest BCUT2D eigenvalue weighted by Gasteiger charge is 2.61. The Morgan fingerprint density at radius 2 is 1.90 bits per heavy atom. The molecule has 0 radical (unpaired) electrons. The Hall–Kier alpha value is -1.18. The minimum absolute atomic E-state index is 0.426. The minimum atomic E-state index is 0.426. The van der Waals surface area contributed by atoms with Crippen molar-refractivity contribution >= 4 is 5.69 Å². The van der Waals surface area contributed by atoms with Gasteiger partial charge in [0.05, 0.1) is 6.61 Å². The second kappa shape index (κ2) is 5.23. The number of anilines is 1. The monoisotopic (exact) mass is 287 g/mol. The van der Waals surface area contributed by atoms with E-state index in [1.165, 1.54) is 24.9 Å². The van der Waals surface area contributed by atoms with Crippen molar-refractivity contribution in [3.8, 4) is 5.75 Å². The molecule has 2 fully saturated rings. The molecule has 2 aliphatic rings. The summed E-state index contributed by atoms with van der Waals surface area (Å²) in [5.74, 6) is 1.86. The molecule has 2 bridgehead atoms. The van der Waals surface area contributed by atoms with Crippen molar-refractivity contribution in [1.82, 2.24) is 0 Å². The molecule has 2 saturated carbocycles. The maximum Gasteiger partial charge on any atom is 0.119 e. The lowest BCUT2D eigenvalue weighted by atomic mass is 9.69. The van der Waals surface area contributed by atoms with Gasteiger partial charge in [-0.15, -0.1) is 0 Å². The van der Waals surface area contributed by atoms with Gasteiger partial charge in [0.2, 0.25) is 0 Å². The van der Waals surface area contributed by atoms with E-state index in [1.54, 1.807) is 0 Å². The van der Waals surface area contributed by atoms with Gasteiger partial charge in [-0.05, 0) is 66.7 Å². The quantitative estimate of drug-likeness (QED) is 0.813. The number of hydrogen-bond acceptors (Lipinski definition) is 2. The molecule has 0 heterocycles. The van der Waals surface area contributed by atoms with Crippen molar-refractivity contribution in [2.24, 2.45) is 16.7 Å². The Balaban J connectivity index is 1.68. The average Bonchev–Trinajstić information content (AvgIpc) is 2.80. The lowest BCUT2D eigenvalue weighted by Crippen LogP contribution is -2.40. The van der Waals surface area contributed by atoms with Gasteiger partial charge >= 0.3 is 0 Å². The summed E-state index contributed by atoms with van der Waals surface area (Å²) in [6.07, 6.45) is 5.14. The van der Waals surface area contributed by atoms with Crippen LogP contribution in [0.3, 0.4) is 0 Å². The predicted octanol–water partition coefficient (Wildman–Crippen LogP) is 5.10. The van der Waals surface area contributed by atoms with Crippen molar-refractivity contribution in [2.45, 2.75) is 59.4 Å². The van der Waals surface area contributed by atoms with Crippen LogP contribution < -0.4 is 10.1 Å². The highest BCUT2D eigenvalue weighted by Crippen LogP contribution is 2.65. The van der Waals surface area contributed by atoms with Gasteiger partial charge in [0.25, 0.3) is 0 Å². The van der Waals surface area contributed by atoms with Gasteiger partial charge in [-0.2, -0.15) is 0 Å². The van der Waals surface area contributed by atoms with Crippen molar-refractivity contribution in [3.63, 3.8) is 0 Å². The first-order valence-corrected chi connectivity index (χ1v) is 8.47. The number of hydrogen-bond donors (Lipinski definition) is 1. The van der Waals surface area contributed by atoms with Crippen LogP contribution in [0.25, 0.3) is 0 Å². The first kappa shape index (κ1) is 14.7. The molecule has 0 spiro atoms.